The molecule has 0 radical (unpaired) electrons. The van der Waals surface area contributed by atoms with Crippen LogP contribution in [0.5, 0.6) is 5.75 Å². The number of nitrogens with one attached hydrogen (secondary N) is 2. The zero-order valence-electron chi connectivity index (χ0n) is 10.9. The number of rotatable bonds is 4. The Morgan fingerprint density at radius 3 is 3.21 bits per heavy atom. The molecule has 0 bridgehead atoms. The third-order valence-corrected chi connectivity index (χ3v) is 2.66. The zero-order chi connectivity index (χ0) is 13.7. The number of nitrogens with zero attached hydrogens (tertiary/aromatic N) is 1. The van der Waals surface area contributed by atoms with E-state index < -0.39 is 0 Å². The zero-order valence-corrected chi connectivity index (χ0v) is 10.9. The van der Waals surface area contributed by atoms with Crippen molar-refractivity contribution in [1.82, 2.24) is 5.32 Å². The Labute approximate surface area is 112 Å². The number of nitrogens with two attached hydrogens (primary N) is 1. The first-order valence-electron chi connectivity index (χ1n) is 6.22. The van der Waals surface area contributed by atoms with E-state index in [0.717, 1.165) is 23.7 Å². The highest BCUT2D eigenvalue weighted by atomic mass is 16.5. The molecule has 1 amide bonds. The summed E-state index contributed by atoms with van der Waals surface area (Å²) < 4.78 is 5.57. The summed E-state index contributed by atoms with van der Waals surface area (Å²) in [7, 11) is 0. The molecule has 1 aromatic carbocycles. The van der Waals surface area contributed by atoms with E-state index in [4.69, 9.17) is 10.5 Å². The van der Waals surface area contributed by atoms with Gasteiger partial charge in [-0.25, -0.2) is 0 Å². The number of amidine groups is 1. The first kappa shape index (κ1) is 13.2. The van der Waals surface area contributed by atoms with Gasteiger partial charge in [-0.1, -0.05) is 0 Å². The van der Waals surface area contributed by atoms with Gasteiger partial charge in [-0.2, -0.15) is 0 Å². The van der Waals surface area contributed by atoms with Crippen LogP contribution in [0.25, 0.3) is 0 Å². The second kappa shape index (κ2) is 6.08. The topological polar surface area (TPSA) is 88.7 Å². The molecular formula is C13H18N4O2. The van der Waals surface area contributed by atoms with Gasteiger partial charge >= 0.3 is 0 Å². The van der Waals surface area contributed by atoms with Crippen LogP contribution in [0.4, 0.5) is 11.4 Å². The van der Waals surface area contributed by atoms with Crippen molar-refractivity contribution in [2.75, 3.05) is 30.7 Å². The van der Waals surface area contributed by atoms with Crippen molar-refractivity contribution in [3.05, 3.63) is 18.2 Å². The standard InChI is InChI=1S/C13H18N4O2/c1-9(18)15-5-2-6-16-13-8-19-12-7-10(14)3-4-11(12)17-13/h3-4,7H,2,5-6,8,14H2,1H3,(H,15,18)(H,16,17). The van der Waals surface area contributed by atoms with E-state index >= 15 is 0 Å². The van der Waals surface area contributed by atoms with E-state index in [2.05, 4.69) is 15.6 Å². The number of carbonyl (C=O) groups excluding carboxylic acids is 1. The number of benzene rings is 1. The van der Waals surface area contributed by atoms with Crippen molar-refractivity contribution in [2.24, 2.45) is 4.99 Å². The van der Waals surface area contributed by atoms with Crippen molar-refractivity contribution in [2.45, 2.75) is 13.3 Å². The van der Waals surface area contributed by atoms with Crippen LogP contribution in [0.3, 0.4) is 0 Å². The molecule has 6 nitrogen and oxygen atoms in total. The second-order valence-corrected chi connectivity index (χ2v) is 4.33. The number of aliphatic imine (C=N–C) groups is 1. The Bertz CT molecular complexity index is 499. The maximum absolute atomic E-state index is 10.7. The minimum absolute atomic E-state index is 0.0155. The van der Waals surface area contributed by atoms with E-state index in [1.54, 1.807) is 6.07 Å². The first-order valence-corrected chi connectivity index (χ1v) is 6.22. The number of fused-ring (bicyclic) bond motifs is 1. The van der Waals surface area contributed by atoms with Crippen LogP contribution in [0.1, 0.15) is 13.3 Å². The van der Waals surface area contributed by atoms with Gasteiger partial charge in [-0.05, 0) is 18.6 Å². The van der Waals surface area contributed by atoms with Crippen molar-refractivity contribution in [3.63, 3.8) is 0 Å². The molecule has 0 spiro atoms. The third-order valence-electron chi connectivity index (χ3n) is 2.66. The quantitative estimate of drug-likeness (QED) is 0.558. The highest BCUT2D eigenvalue weighted by Gasteiger charge is 2.13. The van der Waals surface area contributed by atoms with Crippen molar-refractivity contribution < 1.29 is 9.53 Å². The molecule has 102 valence electrons. The molecule has 0 aromatic heterocycles. The predicted molar refractivity (Wildman–Crippen MR) is 75.6 cm³/mol. The summed E-state index contributed by atoms with van der Waals surface area (Å²) in [5.41, 5.74) is 7.24. The van der Waals surface area contributed by atoms with Crippen LogP contribution in [-0.2, 0) is 4.79 Å². The fourth-order valence-corrected chi connectivity index (χ4v) is 1.74. The van der Waals surface area contributed by atoms with Gasteiger partial charge in [0.1, 0.15) is 18.2 Å². The Balaban J connectivity index is 1.84. The van der Waals surface area contributed by atoms with Gasteiger partial charge in [0, 0.05) is 31.8 Å². The molecule has 0 unspecified atom stereocenters. The Morgan fingerprint density at radius 1 is 1.58 bits per heavy atom. The van der Waals surface area contributed by atoms with Gasteiger partial charge in [0.25, 0.3) is 0 Å². The number of nitrogen functional groups attached to an aromatic ring is 1. The van der Waals surface area contributed by atoms with Gasteiger partial charge in [0.2, 0.25) is 5.91 Å². The molecule has 2 rings (SSSR count). The Morgan fingerprint density at radius 2 is 2.42 bits per heavy atom. The Hall–Kier alpha value is -2.24. The van der Waals surface area contributed by atoms with Crippen LogP contribution in [-0.4, -0.2) is 31.4 Å². The summed E-state index contributed by atoms with van der Waals surface area (Å²) in [4.78, 5) is 15.1. The molecule has 0 aliphatic carbocycles. The summed E-state index contributed by atoms with van der Waals surface area (Å²) in [5, 5.41) is 5.94. The smallest absolute Gasteiger partial charge is 0.216 e. The fraction of sp³-hybridized carbons (Fsp3) is 0.385. The average molecular weight is 262 g/mol. The van der Waals surface area contributed by atoms with Crippen LogP contribution >= 0.6 is 0 Å². The number of anilines is 2. The highest BCUT2D eigenvalue weighted by molar-refractivity contribution is 5.99. The van der Waals surface area contributed by atoms with E-state index in [9.17, 15) is 4.79 Å². The minimum Gasteiger partial charge on any atom is -0.483 e. The number of carbonyl (C=O) groups is 1. The number of ether oxygens (including phenoxy) is 1. The van der Waals surface area contributed by atoms with Crippen LogP contribution in [0.15, 0.2) is 23.2 Å². The molecular weight excluding hydrogens is 244 g/mol. The van der Waals surface area contributed by atoms with Crippen molar-refractivity contribution in [1.29, 1.82) is 0 Å². The molecule has 0 atom stereocenters. The van der Waals surface area contributed by atoms with Crippen LogP contribution in [0, 0.1) is 0 Å². The summed E-state index contributed by atoms with van der Waals surface area (Å²) in [5.74, 6) is 1.52. The lowest BCUT2D eigenvalue weighted by Gasteiger charge is -2.21. The lowest BCUT2D eigenvalue weighted by atomic mass is 10.2. The second-order valence-electron chi connectivity index (χ2n) is 4.33. The molecule has 19 heavy (non-hydrogen) atoms. The van der Waals surface area contributed by atoms with Gasteiger partial charge < -0.3 is 21.1 Å². The predicted octanol–water partition coefficient (Wildman–Crippen LogP) is 0.998. The normalized spacial score (nSPS) is 15.3. The van der Waals surface area contributed by atoms with Crippen molar-refractivity contribution in [3.8, 4) is 5.75 Å². The minimum atomic E-state index is -0.0155. The van der Waals surface area contributed by atoms with E-state index in [1.165, 1.54) is 6.92 Å². The van der Waals surface area contributed by atoms with Gasteiger partial charge in [0.15, 0.2) is 0 Å². The van der Waals surface area contributed by atoms with E-state index in [1.807, 2.05) is 12.1 Å². The molecule has 0 saturated carbocycles. The molecule has 0 saturated heterocycles. The van der Waals surface area contributed by atoms with Crippen LogP contribution in [0.2, 0.25) is 0 Å². The maximum atomic E-state index is 10.7. The molecule has 4 N–H and O–H groups in total. The molecule has 1 aliphatic rings. The van der Waals surface area contributed by atoms with Gasteiger partial charge in [-0.15, -0.1) is 0 Å². The lowest BCUT2D eigenvalue weighted by Crippen LogP contribution is -2.27. The SMILES string of the molecule is CC(=O)NCCCN=C1COc2cc(N)ccc2N1. The average Bonchev–Trinajstić information content (AvgIpc) is 2.38. The fourth-order valence-electron chi connectivity index (χ4n) is 1.74. The Kier molecular flexibility index (Phi) is 4.22. The third kappa shape index (κ3) is 3.87. The summed E-state index contributed by atoms with van der Waals surface area (Å²) in [6.45, 7) is 3.21. The van der Waals surface area contributed by atoms with Gasteiger partial charge in [-0.3, -0.25) is 9.79 Å². The summed E-state index contributed by atoms with van der Waals surface area (Å²) >= 11 is 0. The van der Waals surface area contributed by atoms with Crippen molar-refractivity contribution >= 4 is 23.1 Å². The first-order chi connectivity index (χ1) is 9.15. The molecule has 1 aromatic rings. The largest absolute Gasteiger partial charge is 0.483 e. The number of hydrogen-bond donors (Lipinski definition) is 3. The maximum Gasteiger partial charge on any atom is 0.216 e. The van der Waals surface area contributed by atoms with Gasteiger partial charge in [0.05, 0.1) is 5.69 Å². The molecule has 1 heterocycles. The van der Waals surface area contributed by atoms with E-state index in [0.29, 0.717) is 25.4 Å². The highest BCUT2D eigenvalue weighted by Crippen LogP contribution is 2.29. The number of amides is 1. The molecule has 6 heteroatoms. The lowest BCUT2D eigenvalue weighted by molar-refractivity contribution is -0.118. The summed E-state index contributed by atoms with van der Waals surface area (Å²) in [6, 6.07) is 5.47. The van der Waals surface area contributed by atoms with E-state index in [-0.39, 0.29) is 5.91 Å². The number of hydrogen-bond acceptors (Lipinski definition) is 4. The summed E-state index contributed by atoms with van der Waals surface area (Å²) in [6.07, 6.45) is 0.805. The molecule has 0 fully saturated rings. The van der Waals surface area contributed by atoms with Crippen LogP contribution < -0.4 is 21.1 Å². The monoisotopic (exact) mass is 262 g/mol. The molecule has 1 aliphatic heterocycles.